The predicted octanol–water partition coefficient (Wildman–Crippen LogP) is 2.46. The van der Waals surface area contributed by atoms with Crippen molar-refractivity contribution in [1.29, 1.82) is 0 Å². The highest BCUT2D eigenvalue weighted by Gasteiger charge is 2.28. The molecule has 1 aromatic heterocycles. The second kappa shape index (κ2) is 5.61. The maximum atomic E-state index is 12.5. The third-order valence-electron chi connectivity index (χ3n) is 3.72. The Kier molecular flexibility index (Phi) is 3.82. The molecule has 1 saturated heterocycles. The summed E-state index contributed by atoms with van der Waals surface area (Å²) in [5.74, 6) is 0. The normalized spacial score (nSPS) is 17.0. The molecular weight excluding hydrogens is 288 g/mol. The number of hydrogen-bond donors (Lipinski definition) is 1. The van der Waals surface area contributed by atoms with Crippen LogP contribution in [0.2, 0.25) is 0 Å². The van der Waals surface area contributed by atoms with E-state index < -0.39 is 15.3 Å². The summed E-state index contributed by atoms with van der Waals surface area (Å²) in [4.78, 5) is 4.45. The average Bonchev–Trinajstić information content (AvgIpc) is 2.48. The standard InChI is InChI=1S/C15H18N2O3S/c1-11-5-6-12-3-2-4-14(15(12)16-11)17-21(18,19)13-7-9-20-10-8-13/h2-6,13,17H,7-10H2,1H3. The molecule has 1 aliphatic heterocycles. The van der Waals surface area contributed by atoms with Gasteiger partial charge in [-0.15, -0.1) is 0 Å². The first-order valence-corrected chi connectivity index (χ1v) is 8.57. The number of sulfonamides is 1. The molecule has 1 aliphatic rings. The lowest BCUT2D eigenvalue weighted by Crippen LogP contribution is -2.33. The number of ether oxygens (including phenoxy) is 1. The van der Waals surface area contributed by atoms with Gasteiger partial charge in [-0.25, -0.2) is 8.42 Å². The highest BCUT2D eigenvalue weighted by Crippen LogP contribution is 2.25. The lowest BCUT2D eigenvalue weighted by Gasteiger charge is -2.23. The Hall–Kier alpha value is -1.66. The van der Waals surface area contributed by atoms with Gasteiger partial charge in [-0.05, 0) is 31.9 Å². The zero-order valence-corrected chi connectivity index (χ0v) is 12.7. The molecule has 1 fully saturated rings. The van der Waals surface area contributed by atoms with Gasteiger partial charge >= 0.3 is 0 Å². The molecule has 0 unspecified atom stereocenters. The van der Waals surface area contributed by atoms with Gasteiger partial charge in [0.15, 0.2) is 0 Å². The van der Waals surface area contributed by atoms with Gasteiger partial charge in [-0.2, -0.15) is 0 Å². The van der Waals surface area contributed by atoms with Crippen molar-refractivity contribution in [3.05, 3.63) is 36.0 Å². The van der Waals surface area contributed by atoms with Crippen LogP contribution in [0.15, 0.2) is 30.3 Å². The second-order valence-electron chi connectivity index (χ2n) is 5.29. The maximum Gasteiger partial charge on any atom is 0.235 e. The van der Waals surface area contributed by atoms with Crippen molar-refractivity contribution in [2.24, 2.45) is 0 Å². The van der Waals surface area contributed by atoms with Crippen LogP contribution < -0.4 is 4.72 Å². The third kappa shape index (κ3) is 3.01. The van der Waals surface area contributed by atoms with E-state index in [-0.39, 0.29) is 0 Å². The van der Waals surface area contributed by atoms with E-state index in [4.69, 9.17) is 4.74 Å². The fourth-order valence-corrected chi connectivity index (χ4v) is 4.00. The van der Waals surface area contributed by atoms with Crippen molar-refractivity contribution in [2.75, 3.05) is 17.9 Å². The Morgan fingerprint density at radius 1 is 1.19 bits per heavy atom. The number of fused-ring (bicyclic) bond motifs is 1. The highest BCUT2D eigenvalue weighted by atomic mass is 32.2. The Bertz CT molecular complexity index is 753. The number of benzene rings is 1. The smallest absolute Gasteiger partial charge is 0.235 e. The molecule has 0 bridgehead atoms. The number of anilines is 1. The maximum absolute atomic E-state index is 12.5. The largest absolute Gasteiger partial charge is 0.381 e. The molecule has 5 nitrogen and oxygen atoms in total. The summed E-state index contributed by atoms with van der Waals surface area (Å²) < 4.78 is 32.9. The van der Waals surface area contributed by atoms with Crippen molar-refractivity contribution in [3.8, 4) is 0 Å². The van der Waals surface area contributed by atoms with Gasteiger partial charge in [-0.3, -0.25) is 9.71 Å². The van der Waals surface area contributed by atoms with Gasteiger partial charge < -0.3 is 4.74 Å². The Labute approximate surface area is 124 Å². The fraction of sp³-hybridized carbons (Fsp3) is 0.400. The van der Waals surface area contributed by atoms with E-state index in [2.05, 4.69) is 9.71 Å². The molecule has 0 aliphatic carbocycles. The second-order valence-corrected chi connectivity index (χ2v) is 7.25. The Balaban J connectivity index is 1.95. The minimum atomic E-state index is -3.41. The van der Waals surface area contributed by atoms with Gasteiger partial charge in [-0.1, -0.05) is 18.2 Å². The number of aromatic nitrogens is 1. The van der Waals surface area contributed by atoms with E-state index in [9.17, 15) is 8.42 Å². The monoisotopic (exact) mass is 306 g/mol. The molecule has 0 spiro atoms. The third-order valence-corrected chi connectivity index (χ3v) is 5.57. The van der Waals surface area contributed by atoms with Crippen molar-refractivity contribution in [2.45, 2.75) is 25.0 Å². The van der Waals surface area contributed by atoms with E-state index in [1.807, 2.05) is 31.2 Å². The van der Waals surface area contributed by atoms with Crippen molar-refractivity contribution in [1.82, 2.24) is 4.98 Å². The Morgan fingerprint density at radius 3 is 2.71 bits per heavy atom. The minimum Gasteiger partial charge on any atom is -0.381 e. The molecule has 6 heteroatoms. The van der Waals surface area contributed by atoms with E-state index >= 15 is 0 Å². The topological polar surface area (TPSA) is 68.3 Å². The number of nitrogens with one attached hydrogen (secondary N) is 1. The number of pyridine rings is 1. The van der Waals surface area contributed by atoms with Gasteiger partial charge in [0.05, 0.1) is 16.5 Å². The van der Waals surface area contributed by atoms with E-state index in [0.717, 1.165) is 11.1 Å². The lowest BCUT2D eigenvalue weighted by atomic mass is 10.2. The summed E-state index contributed by atoms with van der Waals surface area (Å²) >= 11 is 0. The van der Waals surface area contributed by atoms with Crippen LogP contribution in [0.4, 0.5) is 5.69 Å². The number of nitrogens with zero attached hydrogens (tertiary/aromatic N) is 1. The molecule has 1 aromatic carbocycles. The van der Waals surface area contributed by atoms with Crippen LogP contribution in [0.1, 0.15) is 18.5 Å². The molecule has 3 rings (SSSR count). The summed E-state index contributed by atoms with van der Waals surface area (Å²) in [5, 5.41) is 0.527. The SMILES string of the molecule is Cc1ccc2cccc(NS(=O)(=O)C3CCOCC3)c2n1. The van der Waals surface area contributed by atoms with E-state index in [1.54, 1.807) is 6.07 Å². The summed E-state index contributed by atoms with van der Waals surface area (Å²) in [6.07, 6.45) is 1.07. The number of hydrogen-bond acceptors (Lipinski definition) is 4. The van der Waals surface area contributed by atoms with Crippen LogP contribution in [0.25, 0.3) is 10.9 Å². The first kappa shape index (κ1) is 14.3. The van der Waals surface area contributed by atoms with Crippen LogP contribution in [0, 0.1) is 6.92 Å². The average molecular weight is 306 g/mol. The molecule has 21 heavy (non-hydrogen) atoms. The fourth-order valence-electron chi connectivity index (χ4n) is 2.55. The van der Waals surface area contributed by atoms with Crippen LogP contribution in [0.3, 0.4) is 0 Å². The van der Waals surface area contributed by atoms with Crippen molar-refractivity contribution >= 4 is 26.6 Å². The summed E-state index contributed by atoms with van der Waals surface area (Å²) in [6.45, 7) is 2.89. The molecule has 0 radical (unpaired) electrons. The number of para-hydroxylation sites is 1. The van der Waals surface area contributed by atoms with Crippen LogP contribution in [-0.2, 0) is 14.8 Å². The number of rotatable bonds is 3. The number of aryl methyl sites for hydroxylation is 1. The first-order valence-electron chi connectivity index (χ1n) is 7.02. The van der Waals surface area contributed by atoms with Crippen LogP contribution in [0.5, 0.6) is 0 Å². The zero-order valence-electron chi connectivity index (χ0n) is 11.9. The molecule has 112 valence electrons. The molecule has 0 saturated carbocycles. The van der Waals surface area contributed by atoms with Gasteiger partial charge in [0.25, 0.3) is 0 Å². The summed E-state index contributed by atoms with van der Waals surface area (Å²) in [7, 11) is -3.41. The molecule has 2 aromatic rings. The van der Waals surface area contributed by atoms with E-state index in [1.165, 1.54) is 0 Å². The quantitative estimate of drug-likeness (QED) is 0.946. The molecule has 0 amide bonds. The molecule has 1 N–H and O–H groups in total. The van der Waals surface area contributed by atoms with Gasteiger partial charge in [0.2, 0.25) is 10.0 Å². The lowest BCUT2D eigenvalue weighted by molar-refractivity contribution is 0.0984. The molecular formula is C15H18N2O3S. The highest BCUT2D eigenvalue weighted by molar-refractivity contribution is 7.93. The summed E-state index contributed by atoms with van der Waals surface area (Å²) in [6, 6.07) is 9.38. The van der Waals surface area contributed by atoms with Gasteiger partial charge in [0.1, 0.15) is 0 Å². The first-order chi connectivity index (χ1) is 10.1. The predicted molar refractivity (Wildman–Crippen MR) is 82.9 cm³/mol. The van der Waals surface area contributed by atoms with Crippen LogP contribution in [-0.4, -0.2) is 31.9 Å². The summed E-state index contributed by atoms with van der Waals surface area (Å²) in [5.41, 5.74) is 2.09. The van der Waals surface area contributed by atoms with Crippen molar-refractivity contribution < 1.29 is 13.2 Å². The van der Waals surface area contributed by atoms with E-state index in [0.29, 0.717) is 37.3 Å². The molecule has 0 atom stereocenters. The zero-order chi connectivity index (χ0) is 14.9. The molecule has 2 heterocycles. The Morgan fingerprint density at radius 2 is 1.95 bits per heavy atom. The van der Waals surface area contributed by atoms with Crippen LogP contribution >= 0.6 is 0 Å². The van der Waals surface area contributed by atoms with Gasteiger partial charge in [0, 0.05) is 24.3 Å². The minimum absolute atomic E-state index is 0.397. The van der Waals surface area contributed by atoms with Crippen molar-refractivity contribution in [3.63, 3.8) is 0 Å².